The van der Waals surface area contributed by atoms with Crippen LogP contribution >= 0.6 is 11.8 Å². The number of non-ortho nitro benzene ring substituents is 1. The van der Waals surface area contributed by atoms with Gasteiger partial charge in [0.15, 0.2) is 6.61 Å². The Morgan fingerprint density at radius 1 is 1.00 bits per heavy atom. The number of imide groups is 1. The molecule has 35 heavy (non-hydrogen) atoms. The number of rotatable bonds is 8. The average molecular weight is 490 g/mol. The first-order valence-corrected chi connectivity index (χ1v) is 11.3. The number of nitrogens with one attached hydrogen (secondary N) is 1. The lowest BCUT2D eigenvalue weighted by Gasteiger charge is -2.12. The van der Waals surface area contributed by atoms with Crippen LogP contribution in [0.4, 0.5) is 16.2 Å². The molecule has 0 unspecified atom stereocenters. The third-order valence-corrected chi connectivity index (χ3v) is 5.89. The van der Waals surface area contributed by atoms with Crippen LogP contribution in [0.2, 0.25) is 0 Å². The second kappa shape index (κ2) is 10.7. The van der Waals surface area contributed by atoms with Crippen LogP contribution < -0.4 is 10.1 Å². The quantitative estimate of drug-likeness (QED) is 0.273. The van der Waals surface area contributed by atoms with Gasteiger partial charge in [-0.15, -0.1) is 0 Å². The minimum absolute atomic E-state index is 0.00218. The van der Waals surface area contributed by atoms with Gasteiger partial charge in [-0.2, -0.15) is 0 Å². The van der Waals surface area contributed by atoms with Crippen LogP contribution in [0, 0.1) is 10.1 Å². The number of anilines is 1. The van der Waals surface area contributed by atoms with E-state index >= 15 is 0 Å². The highest BCUT2D eigenvalue weighted by Gasteiger charge is 2.35. The van der Waals surface area contributed by atoms with Crippen LogP contribution in [0.5, 0.6) is 5.75 Å². The average Bonchev–Trinajstić information content (AvgIpc) is 3.11. The number of thioether (sulfide) groups is 1. The van der Waals surface area contributed by atoms with Gasteiger partial charge >= 0.3 is 0 Å². The van der Waals surface area contributed by atoms with Crippen LogP contribution in [-0.2, 0) is 16.1 Å². The lowest BCUT2D eigenvalue weighted by molar-refractivity contribution is -0.384. The molecule has 0 aromatic heterocycles. The topological polar surface area (TPSA) is 119 Å². The Hall–Kier alpha value is -4.44. The summed E-state index contributed by atoms with van der Waals surface area (Å²) in [5.41, 5.74) is 1.71. The molecule has 0 bridgehead atoms. The van der Waals surface area contributed by atoms with Gasteiger partial charge in [-0.3, -0.25) is 29.4 Å². The molecule has 0 radical (unpaired) electrons. The molecule has 0 aliphatic carbocycles. The number of nitro benzene ring substituents is 1. The fourth-order valence-corrected chi connectivity index (χ4v) is 4.11. The van der Waals surface area contributed by atoms with Gasteiger partial charge in [0.2, 0.25) is 0 Å². The molecule has 4 rings (SSSR count). The molecule has 0 spiro atoms. The molecule has 9 nitrogen and oxygen atoms in total. The standard InChI is InChI=1S/C25H19N3O6S/c29-23(26-19-7-2-1-3-8-19)16-34-21-9-5-4-6-18(21)14-22-24(30)27(25(31)35-22)15-17-10-12-20(13-11-17)28(32)33/h1-14H,15-16H2,(H,26,29)/b22-14-. The first-order chi connectivity index (χ1) is 16.9. The Bertz CT molecular complexity index is 1310. The van der Waals surface area contributed by atoms with Gasteiger partial charge in [-0.25, -0.2) is 0 Å². The molecule has 1 aliphatic rings. The van der Waals surface area contributed by atoms with E-state index in [9.17, 15) is 24.5 Å². The van der Waals surface area contributed by atoms with Crippen LogP contribution in [-0.4, -0.2) is 33.5 Å². The van der Waals surface area contributed by atoms with E-state index < -0.39 is 16.1 Å². The first-order valence-electron chi connectivity index (χ1n) is 10.5. The summed E-state index contributed by atoms with van der Waals surface area (Å²) in [6, 6.07) is 21.5. The molecular weight excluding hydrogens is 470 g/mol. The number of carbonyl (C=O) groups is 3. The van der Waals surface area contributed by atoms with Gasteiger partial charge in [-0.05, 0) is 41.6 Å². The highest BCUT2D eigenvalue weighted by molar-refractivity contribution is 8.18. The van der Waals surface area contributed by atoms with Crippen molar-refractivity contribution in [3.05, 3.63) is 105 Å². The maximum atomic E-state index is 12.9. The largest absolute Gasteiger partial charge is 0.483 e. The van der Waals surface area contributed by atoms with E-state index in [0.29, 0.717) is 22.6 Å². The number of amides is 3. The van der Waals surface area contributed by atoms with Gasteiger partial charge in [0.05, 0.1) is 16.4 Å². The number of ether oxygens (including phenoxy) is 1. The van der Waals surface area contributed by atoms with Gasteiger partial charge in [0, 0.05) is 23.4 Å². The van der Waals surface area contributed by atoms with Gasteiger partial charge in [0.25, 0.3) is 22.7 Å². The van der Waals surface area contributed by atoms with E-state index in [1.807, 2.05) is 6.07 Å². The van der Waals surface area contributed by atoms with Crippen molar-refractivity contribution in [1.29, 1.82) is 0 Å². The lowest BCUT2D eigenvalue weighted by atomic mass is 10.1. The van der Waals surface area contributed by atoms with Crippen molar-refractivity contribution in [3.63, 3.8) is 0 Å². The fourth-order valence-electron chi connectivity index (χ4n) is 3.28. The molecule has 1 N–H and O–H groups in total. The molecule has 3 amide bonds. The minimum atomic E-state index is -0.516. The Labute approximate surface area is 204 Å². The van der Waals surface area contributed by atoms with Crippen LogP contribution in [0.1, 0.15) is 11.1 Å². The summed E-state index contributed by atoms with van der Waals surface area (Å²) in [5, 5.41) is 13.1. The molecule has 3 aromatic rings. The third-order valence-electron chi connectivity index (χ3n) is 4.98. The molecule has 10 heteroatoms. The Balaban J connectivity index is 1.44. The summed E-state index contributed by atoms with van der Waals surface area (Å²) < 4.78 is 5.67. The van der Waals surface area contributed by atoms with Crippen LogP contribution in [0.3, 0.4) is 0 Å². The number of hydrogen-bond donors (Lipinski definition) is 1. The first kappa shape index (κ1) is 23.7. The second-order valence-electron chi connectivity index (χ2n) is 7.43. The number of benzene rings is 3. The molecule has 0 saturated carbocycles. The Kier molecular flexibility index (Phi) is 7.22. The summed E-state index contributed by atoms with van der Waals surface area (Å²) in [7, 11) is 0. The van der Waals surface area contributed by atoms with Gasteiger partial charge < -0.3 is 10.1 Å². The molecule has 3 aromatic carbocycles. The lowest BCUT2D eigenvalue weighted by Crippen LogP contribution is -2.27. The summed E-state index contributed by atoms with van der Waals surface area (Å²) in [4.78, 5) is 49.2. The van der Waals surface area contributed by atoms with Crippen molar-refractivity contribution < 1.29 is 24.0 Å². The smallest absolute Gasteiger partial charge is 0.293 e. The molecule has 1 heterocycles. The Morgan fingerprint density at radius 2 is 1.69 bits per heavy atom. The third kappa shape index (κ3) is 5.92. The highest BCUT2D eigenvalue weighted by atomic mass is 32.2. The molecule has 1 fully saturated rings. The van der Waals surface area contributed by atoms with Crippen molar-refractivity contribution in [2.45, 2.75) is 6.54 Å². The predicted octanol–water partition coefficient (Wildman–Crippen LogP) is 4.85. The number of nitro groups is 1. The zero-order chi connectivity index (χ0) is 24.8. The highest BCUT2D eigenvalue weighted by Crippen LogP contribution is 2.35. The van der Waals surface area contributed by atoms with E-state index in [4.69, 9.17) is 4.74 Å². The number of hydrogen-bond acceptors (Lipinski definition) is 7. The monoisotopic (exact) mass is 489 g/mol. The van der Waals surface area contributed by atoms with Crippen LogP contribution in [0.25, 0.3) is 6.08 Å². The van der Waals surface area contributed by atoms with E-state index in [-0.39, 0.29) is 29.7 Å². The van der Waals surface area contributed by atoms with Crippen molar-refractivity contribution >= 4 is 46.3 Å². The molecular formula is C25H19N3O6S. The van der Waals surface area contributed by atoms with Crippen molar-refractivity contribution in [1.82, 2.24) is 4.90 Å². The van der Waals surface area contributed by atoms with E-state index in [2.05, 4.69) is 5.32 Å². The minimum Gasteiger partial charge on any atom is -0.483 e. The number of para-hydroxylation sites is 2. The second-order valence-corrected chi connectivity index (χ2v) is 8.43. The SMILES string of the molecule is O=C(COc1ccccc1/C=C1\SC(=O)N(Cc2ccc([N+](=O)[O-])cc2)C1=O)Nc1ccccc1. The summed E-state index contributed by atoms with van der Waals surface area (Å²) in [6.07, 6.45) is 1.55. The maximum absolute atomic E-state index is 12.9. The van der Waals surface area contributed by atoms with E-state index in [1.165, 1.54) is 24.3 Å². The summed E-state index contributed by atoms with van der Waals surface area (Å²) in [6.45, 7) is -0.237. The van der Waals surface area contributed by atoms with Crippen molar-refractivity contribution in [3.8, 4) is 5.75 Å². The molecule has 1 aliphatic heterocycles. The number of carbonyl (C=O) groups excluding carboxylic acids is 3. The van der Waals surface area contributed by atoms with Crippen molar-refractivity contribution in [2.24, 2.45) is 0 Å². The van der Waals surface area contributed by atoms with E-state index in [0.717, 1.165) is 16.7 Å². The normalized spacial score (nSPS) is 14.3. The number of nitrogens with zero attached hydrogens (tertiary/aromatic N) is 2. The maximum Gasteiger partial charge on any atom is 0.293 e. The Morgan fingerprint density at radius 3 is 2.40 bits per heavy atom. The molecule has 176 valence electrons. The summed E-state index contributed by atoms with van der Waals surface area (Å²) in [5.74, 6) is -0.428. The molecule has 1 saturated heterocycles. The van der Waals surface area contributed by atoms with Gasteiger partial charge in [0.1, 0.15) is 5.75 Å². The summed E-state index contributed by atoms with van der Waals surface area (Å²) >= 11 is 0.794. The van der Waals surface area contributed by atoms with Gasteiger partial charge in [-0.1, -0.05) is 48.5 Å². The van der Waals surface area contributed by atoms with E-state index in [1.54, 1.807) is 54.6 Å². The van der Waals surface area contributed by atoms with Crippen molar-refractivity contribution in [2.75, 3.05) is 11.9 Å². The predicted molar refractivity (Wildman–Crippen MR) is 132 cm³/mol. The zero-order valence-corrected chi connectivity index (χ0v) is 19.1. The van der Waals surface area contributed by atoms with Crippen LogP contribution in [0.15, 0.2) is 83.8 Å². The zero-order valence-electron chi connectivity index (χ0n) is 18.2. The molecule has 0 atom stereocenters. The fraction of sp³-hybridized carbons (Fsp3) is 0.0800.